The Hall–Kier alpha value is -2.53. The molecular weight excluding hydrogens is 388 g/mol. The summed E-state index contributed by atoms with van der Waals surface area (Å²) >= 11 is 0. The minimum Gasteiger partial charge on any atom is -0.493 e. The molecule has 3 unspecified atom stereocenters. The number of methoxy groups -OCH3 is 2. The first-order chi connectivity index (χ1) is 15.1. The molecule has 0 saturated carbocycles. The summed E-state index contributed by atoms with van der Waals surface area (Å²) in [5, 5.41) is 3.41. The molecule has 2 aliphatic heterocycles. The molecule has 1 aliphatic carbocycles. The predicted octanol–water partition coefficient (Wildman–Crippen LogP) is 3.51. The van der Waals surface area contributed by atoms with Gasteiger partial charge >= 0.3 is 0 Å². The lowest BCUT2D eigenvalue weighted by molar-refractivity contribution is -0.126. The first kappa shape index (κ1) is 20.4. The Balaban J connectivity index is 1.23. The van der Waals surface area contributed by atoms with Crippen molar-refractivity contribution in [2.45, 2.75) is 57.2 Å². The Morgan fingerprint density at radius 1 is 0.968 bits per heavy atom. The van der Waals surface area contributed by atoms with Gasteiger partial charge in [0.1, 0.15) is 0 Å². The highest BCUT2D eigenvalue weighted by Gasteiger charge is 2.35. The van der Waals surface area contributed by atoms with Crippen LogP contribution in [0, 0.1) is 5.92 Å². The smallest absolute Gasteiger partial charge is 0.223 e. The number of piperidine rings is 1. The third kappa shape index (κ3) is 4.03. The zero-order valence-corrected chi connectivity index (χ0v) is 18.5. The van der Waals surface area contributed by atoms with E-state index in [9.17, 15) is 4.79 Å². The van der Waals surface area contributed by atoms with Crippen molar-refractivity contribution in [1.82, 2.24) is 10.2 Å². The monoisotopic (exact) mass is 420 g/mol. The van der Waals surface area contributed by atoms with Gasteiger partial charge in [0, 0.05) is 31.1 Å². The average molecular weight is 421 g/mol. The highest BCUT2D eigenvalue weighted by atomic mass is 16.5. The van der Waals surface area contributed by atoms with Gasteiger partial charge in [-0.2, -0.15) is 0 Å². The lowest BCUT2D eigenvalue weighted by Crippen LogP contribution is -2.53. The highest BCUT2D eigenvalue weighted by Crippen LogP contribution is 2.37. The van der Waals surface area contributed by atoms with Gasteiger partial charge in [-0.25, -0.2) is 0 Å². The maximum atomic E-state index is 13.0. The quantitative estimate of drug-likeness (QED) is 0.822. The van der Waals surface area contributed by atoms with Crippen molar-refractivity contribution in [2.24, 2.45) is 5.92 Å². The molecule has 1 N–H and O–H groups in total. The first-order valence-electron chi connectivity index (χ1n) is 11.5. The van der Waals surface area contributed by atoms with E-state index < -0.39 is 0 Å². The van der Waals surface area contributed by atoms with Crippen LogP contribution in [-0.2, 0) is 30.6 Å². The van der Waals surface area contributed by atoms with E-state index in [4.69, 9.17) is 9.47 Å². The minimum atomic E-state index is 0.108. The summed E-state index contributed by atoms with van der Waals surface area (Å²) in [7, 11) is 3.38. The molecule has 164 valence electrons. The largest absolute Gasteiger partial charge is 0.493 e. The summed E-state index contributed by atoms with van der Waals surface area (Å²) in [6.07, 6.45) is 5.88. The molecule has 1 saturated heterocycles. The van der Waals surface area contributed by atoms with Crippen LogP contribution in [0.4, 0.5) is 0 Å². The lowest BCUT2D eigenvalue weighted by atomic mass is 9.82. The molecule has 2 heterocycles. The second-order valence-electron chi connectivity index (χ2n) is 9.24. The Bertz CT molecular complexity index is 973. The van der Waals surface area contributed by atoms with Gasteiger partial charge in [0.25, 0.3) is 0 Å². The molecule has 1 fully saturated rings. The van der Waals surface area contributed by atoms with Crippen LogP contribution >= 0.6 is 0 Å². The van der Waals surface area contributed by atoms with Crippen molar-refractivity contribution in [3.8, 4) is 11.5 Å². The average Bonchev–Trinajstić information content (AvgIpc) is 2.81. The number of hydrogen-bond acceptors (Lipinski definition) is 4. The fraction of sp³-hybridized carbons (Fsp3) is 0.500. The number of ether oxygens (including phenoxy) is 2. The Kier molecular flexibility index (Phi) is 5.61. The van der Waals surface area contributed by atoms with Crippen LogP contribution < -0.4 is 14.8 Å². The van der Waals surface area contributed by atoms with Gasteiger partial charge in [0.2, 0.25) is 5.91 Å². The fourth-order valence-electron chi connectivity index (χ4n) is 5.66. The van der Waals surface area contributed by atoms with Crippen molar-refractivity contribution in [3.05, 3.63) is 58.7 Å². The zero-order valence-electron chi connectivity index (χ0n) is 18.5. The van der Waals surface area contributed by atoms with Gasteiger partial charge < -0.3 is 14.8 Å². The summed E-state index contributed by atoms with van der Waals surface area (Å²) < 4.78 is 11.0. The van der Waals surface area contributed by atoms with E-state index in [1.54, 1.807) is 14.2 Å². The Labute approximate surface area is 184 Å². The van der Waals surface area contributed by atoms with Crippen molar-refractivity contribution in [2.75, 3.05) is 20.8 Å². The van der Waals surface area contributed by atoms with E-state index in [1.165, 1.54) is 22.3 Å². The normalized spacial score (nSPS) is 25.0. The number of amides is 1. The van der Waals surface area contributed by atoms with Crippen LogP contribution in [0.25, 0.3) is 0 Å². The van der Waals surface area contributed by atoms with Gasteiger partial charge in [-0.3, -0.25) is 9.69 Å². The molecule has 31 heavy (non-hydrogen) atoms. The van der Waals surface area contributed by atoms with Crippen LogP contribution in [0.5, 0.6) is 11.5 Å². The second kappa shape index (κ2) is 8.54. The molecule has 3 atom stereocenters. The number of fused-ring (bicyclic) bond motifs is 3. The summed E-state index contributed by atoms with van der Waals surface area (Å²) in [6, 6.07) is 13.6. The Morgan fingerprint density at radius 2 is 1.71 bits per heavy atom. The predicted molar refractivity (Wildman–Crippen MR) is 121 cm³/mol. The molecule has 2 aromatic carbocycles. The van der Waals surface area contributed by atoms with E-state index in [0.717, 1.165) is 63.1 Å². The summed E-state index contributed by atoms with van der Waals surface area (Å²) in [5.41, 5.74) is 5.43. The maximum absolute atomic E-state index is 13.0. The third-order valence-electron chi connectivity index (χ3n) is 7.44. The molecule has 0 aromatic heterocycles. The van der Waals surface area contributed by atoms with Crippen LogP contribution in [0.1, 0.15) is 41.5 Å². The molecule has 5 heteroatoms. The van der Waals surface area contributed by atoms with E-state index in [-0.39, 0.29) is 17.9 Å². The molecule has 3 aliphatic rings. The number of nitrogens with one attached hydrogen (secondary N) is 1. The van der Waals surface area contributed by atoms with E-state index in [2.05, 4.69) is 46.6 Å². The number of hydrogen-bond donors (Lipinski definition) is 1. The summed E-state index contributed by atoms with van der Waals surface area (Å²) in [4.78, 5) is 15.6. The van der Waals surface area contributed by atoms with E-state index in [1.807, 2.05) is 0 Å². The summed E-state index contributed by atoms with van der Waals surface area (Å²) in [6.45, 7) is 1.97. The van der Waals surface area contributed by atoms with Gasteiger partial charge in [-0.15, -0.1) is 0 Å². The number of carbonyl (C=O) groups excluding carboxylic acids is 1. The van der Waals surface area contributed by atoms with Crippen LogP contribution in [-0.4, -0.2) is 43.7 Å². The number of aryl methyl sites for hydroxylation is 1. The van der Waals surface area contributed by atoms with Crippen LogP contribution in [0.15, 0.2) is 36.4 Å². The molecule has 0 radical (unpaired) electrons. The summed E-state index contributed by atoms with van der Waals surface area (Å²) in [5.74, 6) is 1.95. The van der Waals surface area contributed by atoms with Crippen LogP contribution in [0.2, 0.25) is 0 Å². The molecule has 2 aromatic rings. The maximum Gasteiger partial charge on any atom is 0.223 e. The zero-order chi connectivity index (χ0) is 21.4. The van der Waals surface area contributed by atoms with Crippen molar-refractivity contribution >= 4 is 5.91 Å². The number of nitrogens with zero attached hydrogens (tertiary/aromatic N) is 1. The van der Waals surface area contributed by atoms with Crippen molar-refractivity contribution in [3.63, 3.8) is 0 Å². The van der Waals surface area contributed by atoms with Crippen molar-refractivity contribution < 1.29 is 14.3 Å². The van der Waals surface area contributed by atoms with Gasteiger partial charge in [0.15, 0.2) is 11.5 Å². The molecule has 0 spiro atoms. The van der Waals surface area contributed by atoms with Crippen LogP contribution in [0.3, 0.4) is 0 Å². The highest BCUT2D eigenvalue weighted by molar-refractivity contribution is 5.79. The molecule has 0 bridgehead atoms. The lowest BCUT2D eigenvalue weighted by Gasteiger charge is -2.43. The van der Waals surface area contributed by atoms with Gasteiger partial charge in [0.05, 0.1) is 14.2 Å². The standard InChI is InChI=1S/C26H32N2O3/c1-30-24-13-20-12-23-15-22(9-10-28(23)16-21(20)14-25(24)31-2)27-26(29)19-8-7-17-5-3-4-6-18(17)11-19/h3-6,13-14,19,22-23H,7-12,15-16H2,1-2H3,(H,27,29). The van der Waals surface area contributed by atoms with Gasteiger partial charge in [-0.1, -0.05) is 24.3 Å². The number of carbonyl (C=O) groups is 1. The fourth-order valence-corrected chi connectivity index (χ4v) is 5.66. The minimum absolute atomic E-state index is 0.108. The number of benzene rings is 2. The van der Waals surface area contributed by atoms with E-state index >= 15 is 0 Å². The molecule has 5 rings (SSSR count). The second-order valence-corrected chi connectivity index (χ2v) is 9.24. The molecular formula is C26H32N2O3. The first-order valence-corrected chi connectivity index (χ1v) is 11.5. The van der Waals surface area contributed by atoms with E-state index in [0.29, 0.717) is 6.04 Å². The third-order valence-corrected chi connectivity index (χ3v) is 7.44. The SMILES string of the molecule is COc1cc2c(cc1OC)CN1CCC(NC(=O)C3CCc4ccccc4C3)CC1C2. The van der Waals surface area contributed by atoms with Crippen molar-refractivity contribution in [1.29, 1.82) is 0 Å². The Morgan fingerprint density at radius 3 is 2.48 bits per heavy atom. The van der Waals surface area contributed by atoms with Gasteiger partial charge in [-0.05, 0) is 72.9 Å². The number of rotatable bonds is 4. The molecule has 5 nitrogen and oxygen atoms in total. The molecule has 1 amide bonds. The topological polar surface area (TPSA) is 50.8 Å².